The molecule has 2 saturated carbocycles. The lowest BCUT2D eigenvalue weighted by atomic mass is 9.98. The molecule has 0 spiro atoms. The lowest BCUT2D eigenvalue weighted by Gasteiger charge is -2.31. The zero-order valence-electron chi connectivity index (χ0n) is 16.9. The van der Waals surface area contributed by atoms with Crippen LogP contribution in [-0.4, -0.2) is 52.0 Å². The number of hydrogen-bond donors (Lipinski definition) is 1. The summed E-state index contributed by atoms with van der Waals surface area (Å²) in [5, 5.41) is 9.40. The Balaban J connectivity index is 1.49. The van der Waals surface area contributed by atoms with E-state index >= 15 is 0 Å². The van der Waals surface area contributed by atoms with E-state index in [0.29, 0.717) is 23.9 Å². The number of aliphatic hydroxyl groups excluding tert-OH is 1. The van der Waals surface area contributed by atoms with Crippen molar-refractivity contribution in [3.8, 4) is 12.0 Å². The van der Waals surface area contributed by atoms with Gasteiger partial charge in [-0.05, 0) is 70.1 Å². The van der Waals surface area contributed by atoms with Crippen molar-refractivity contribution in [3.05, 3.63) is 0 Å². The van der Waals surface area contributed by atoms with Gasteiger partial charge in [-0.1, -0.05) is 12.8 Å². The quantitative estimate of drug-likeness (QED) is 0.796. The Kier molecular flexibility index (Phi) is 6.83. The Morgan fingerprint density at radius 3 is 1.68 bits per heavy atom. The smallest absolute Gasteiger partial charge is 0.324 e. The van der Waals surface area contributed by atoms with Crippen molar-refractivity contribution in [1.29, 1.82) is 0 Å². The molecule has 0 aromatic carbocycles. The van der Waals surface area contributed by atoms with Crippen molar-refractivity contribution in [1.82, 2.24) is 15.0 Å². The molecule has 7 nitrogen and oxygen atoms in total. The van der Waals surface area contributed by atoms with E-state index in [-0.39, 0.29) is 18.8 Å². The second kappa shape index (κ2) is 9.72. The first-order chi connectivity index (χ1) is 13.8. The fourth-order valence-electron chi connectivity index (χ4n) is 4.55. The molecule has 4 rings (SSSR count). The third kappa shape index (κ3) is 5.25. The minimum Gasteiger partial charge on any atom is -0.460 e. The molecule has 0 radical (unpaired) electrons. The predicted octanol–water partition coefficient (Wildman–Crippen LogP) is 3.50. The van der Waals surface area contributed by atoms with Crippen LogP contribution in [0.4, 0.5) is 5.95 Å². The van der Waals surface area contributed by atoms with E-state index < -0.39 is 0 Å². The van der Waals surface area contributed by atoms with Crippen molar-refractivity contribution >= 4 is 5.95 Å². The summed E-state index contributed by atoms with van der Waals surface area (Å²) in [6.07, 6.45) is 14.0. The standard InChI is InChI=1S/C21H34N4O3/c26-15-16-11-13-25(14-12-16)19-22-20(27-17-7-3-1-4-8-17)24-21(23-19)28-18-9-5-2-6-10-18/h16-18,26H,1-15H2. The highest BCUT2D eigenvalue weighted by molar-refractivity contribution is 5.33. The van der Waals surface area contributed by atoms with Gasteiger partial charge in [0.15, 0.2) is 0 Å². The minimum absolute atomic E-state index is 0.201. The van der Waals surface area contributed by atoms with Gasteiger partial charge in [-0.25, -0.2) is 0 Å². The molecule has 1 aromatic rings. The molecule has 0 unspecified atom stereocenters. The van der Waals surface area contributed by atoms with Gasteiger partial charge in [-0.2, -0.15) is 9.97 Å². The zero-order chi connectivity index (χ0) is 19.2. The first kappa shape index (κ1) is 19.7. The van der Waals surface area contributed by atoms with Gasteiger partial charge in [0.1, 0.15) is 12.2 Å². The van der Waals surface area contributed by atoms with Gasteiger partial charge in [0.2, 0.25) is 5.95 Å². The normalized spacial score (nSPS) is 23.0. The number of aromatic nitrogens is 3. The fourth-order valence-corrected chi connectivity index (χ4v) is 4.55. The van der Waals surface area contributed by atoms with E-state index in [1.165, 1.54) is 38.5 Å². The van der Waals surface area contributed by atoms with E-state index in [0.717, 1.165) is 51.6 Å². The Labute approximate surface area is 167 Å². The second-order valence-electron chi connectivity index (χ2n) is 8.57. The summed E-state index contributed by atoms with van der Waals surface area (Å²) in [6.45, 7) is 1.96. The first-order valence-corrected chi connectivity index (χ1v) is 11.3. The lowest BCUT2D eigenvalue weighted by molar-refractivity contribution is 0.124. The summed E-state index contributed by atoms with van der Waals surface area (Å²) < 4.78 is 12.3. The fraction of sp³-hybridized carbons (Fsp3) is 0.857. The molecule has 3 fully saturated rings. The van der Waals surface area contributed by atoms with Gasteiger partial charge in [-0.3, -0.25) is 0 Å². The van der Waals surface area contributed by atoms with Crippen LogP contribution < -0.4 is 14.4 Å². The molecule has 0 atom stereocenters. The Hall–Kier alpha value is -1.63. The van der Waals surface area contributed by atoms with Crippen LogP contribution in [0.5, 0.6) is 12.0 Å². The molecule has 1 aliphatic heterocycles. The van der Waals surface area contributed by atoms with Gasteiger partial charge in [0.25, 0.3) is 0 Å². The van der Waals surface area contributed by atoms with Crippen LogP contribution in [0.15, 0.2) is 0 Å². The van der Waals surface area contributed by atoms with Gasteiger partial charge in [-0.15, -0.1) is 4.98 Å². The van der Waals surface area contributed by atoms with Crippen molar-refractivity contribution in [2.75, 3.05) is 24.6 Å². The number of piperidine rings is 1. The first-order valence-electron chi connectivity index (χ1n) is 11.3. The van der Waals surface area contributed by atoms with Gasteiger partial charge < -0.3 is 19.5 Å². The Morgan fingerprint density at radius 1 is 0.714 bits per heavy atom. The molecular formula is C21H34N4O3. The maximum absolute atomic E-state index is 9.40. The van der Waals surface area contributed by atoms with Crippen molar-refractivity contribution in [2.24, 2.45) is 5.92 Å². The number of nitrogens with zero attached hydrogens (tertiary/aromatic N) is 4. The molecule has 0 amide bonds. The SMILES string of the molecule is OCC1CCN(c2nc(OC3CCCCC3)nc(OC3CCCCC3)n2)CC1. The molecule has 156 valence electrons. The molecule has 0 bridgehead atoms. The third-order valence-corrected chi connectivity index (χ3v) is 6.39. The van der Waals surface area contributed by atoms with Gasteiger partial charge in [0.05, 0.1) is 0 Å². The van der Waals surface area contributed by atoms with E-state index in [4.69, 9.17) is 9.47 Å². The van der Waals surface area contributed by atoms with Gasteiger partial charge in [0, 0.05) is 19.7 Å². The van der Waals surface area contributed by atoms with Crippen LogP contribution in [0.2, 0.25) is 0 Å². The summed E-state index contributed by atoms with van der Waals surface area (Å²) >= 11 is 0. The van der Waals surface area contributed by atoms with Crippen LogP contribution in [0.25, 0.3) is 0 Å². The van der Waals surface area contributed by atoms with Crippen LogP contribution in [0.1, 0.15) is 77.0 Å². The Morgan fingerprint density at radius 2 is 1.21 bits per heavy atom. The maximum Gasteiger partial charge on any atom is 0.324 e. The largest absolute Gasteiger partial charge is 0.460 e. The number of rotatable bonds is 6. The highest BCUT2D eigenvalue weighted by Gasteiger charge is 2.25. The molecule has 3 aliphatic rings. The van der Waals surface area contributed by atoms with E-state index in [1.54, 1.807) is 0 Å². The highest BCUT2D eigenvalue weighted by atomic mass is 16.5. The van der Waals surface area contributed by atoms with Crippen molar-refractivity contribution in [3.63, 3.8) is 0 Å². The second-order valence-corrected chi connectivity index (χ2v) is 8.57. The number of aliphatic hydroxyl groups is 1. The summed E-state index contributed by atoms with van der Waals surface area (Å²) in [5.74, 6) is 1.04. The number of anilines is 1. The van der Waals surface area contributed by atoms with Crippen LogP contribution in [0.3, 0.4) is 0 Å². The predicted molar refractivity (Wildman–Crippen MR) is 107 cm³/mol. The number of hydrogen-bond acceptors (Lipinski definition) is 7. The summed E-state index contributed by atoms with van der Waals surface area (Å²) in [6, 6.07) is 0.819. The summed E-state index contributed by atoms with van der Waals surface area (Å²) in [7, 11) is 0. The van der Waals surface area contributed by atoms with Crippen LogP contribution in [-0.2, 0) is 0 Å². The lowest BCUT2D eigenvalue weighted by Crippen LogP contribution is -2.36. The molecular weight excluding hydrogens is 356 g/mol. The average molecular weight is 391 g/mol. The Bertz CT molecular complexity index is 571. The average Bonchev–Trinajstić information content (AvgIpc) is 2.75. The molecule has 28 heavy (non-hydrogen) atoms. The molecule has 1 aromatic heterocycles. The molecule has 2 aliphatic carbocycles. The zero-order valence-corrected chi connectivity index (χ0v) is 16.9. The molecule has 2 heterocycles. The van der Waals surface area contributed by atoms with Crippen LogP contribution in [0, 0.1) is 5.92 Å². The van der Waals surface area contributed by atoms with E-state index in [1.807, 2.05) is 0 Å². The monoisotopic (exact) mass is 390 g/mol. The van der Waals surface area contributed by atoms with Crippen molar-refractivity contribution < 1.29 is 14.6 Å². The molecule has 1 N–H and O–H groups in total. The van der Waals surface area contributed by atoms with E-state index in [2.05, 4.69) is 19.9 Å². The van der Waals surface area contributed by atoms with Crippen LogP contribution >= 0.6 is 0 Å². The highest BCUT2D eigenvalue weighted by Crippen LogP contribution is 2.28. The minimum atomic E-state index is 0.201. The molecule has 1 saturated heterocycles. The number of ether oxygens (including phenoxy) is 2. The van der Waals surface area contributed by atoms with Gasteiger partial charge >= 0.3 is 12.0 Å². The topological polar surface area (TPSA) is 80.6 Å². The maximum atomic E-state index is 9.40. The molecule has 7 heteroatoms. The summed E-state index contributed by atoms with van der Waals surface area (Å²) in [5.41, 5.74) is 0. The third-order valence-electron chi connectivity index (χ3n) is 6.39. The summed E-state index contributed by atoms with van der Waals surface area (Å²) in [4.78, 5) is 16.0. The van der Waals surface area contributed by atoms with Crippen molar-refractivity contribution in [2.45, 2.75) is 89.3 Å². The van der Waals surface area contributed by atoms with E-state index in [9.17, 15) is 5.11 Å².